The highest BCUT2D eigenvalue weighted by Crippen LogP contribution is 2.26. The molecule has 2 aliphatic rings. The Morgan fingerprint density at radius 2 is 1.93 bits per heavy atom. The van der Waals surface area contributed by atoms with E-state index in [4.69, 9.17) is 0 Å². The van der Waals surface area contributed by atoms with E-state index in [-0.39, 0.29) is 54.1 Å². The number of anilines is 1. The van der Waals surface area contributed by atoms with E-state index >= 15 is 0 Å². The number of fused-ring (bicyclic) bond motifs is 1. The van der Waals surface area contributed by atoms with Gasteiger partial charge < -0.3 is 15.5 Å². The maximum atomic E-state index is 14.8. The lowest BCUT2D eigenvalue weighted by molar-refractivity contribution is -0.121. The molecule has 1 aromatic heterocycles. The molecule has 0 radical (unpaired) electrons. The van der Waals surface area contributed by atoms with Gasteiger partial charge in [-0.05, 0) is 55.1 Å². The van der Waals surface area contributed by atoms with Crippen molar-refractivity contribution in [2.45, 2.75) is 25.8 Å². The summed E-state index contributed by atoms with van der Waals surface area (Å²) in [6, 6.07) is 6.83. The molecular weight excluding hydrogens is 430 g/mol. The Morgan fingerprint density at radius 3 is 2.70 bits per heavy atom. The number of carbonyl (C=O) groups is 2. The number of aromatic nitrogens is 1. The number of hydrogen-bond acceptors (Lipinski definition) is 4. The molecule has 1 saturated heterocycles. The van der Waals surface area contributed by atoms with Crippen molar-refractivity contribution in [3.8, 4) is 0 Å². The minimum Gasteiger partial charge on any atom is -0.338 e. The number of amides is 2. The molecule has 0 saturated carbocycles. The average molecular weight is 455 g/mol. The van der Waals surface area contributed by atoms with E-state index in [9.17, 15) is 14.0 Å². The second kappa shape index (κ2) is 10.7. The Labute approximate surface area is 187 Å². The first kappa shape index (κ1) is 24.1. The minimum atomic E-state index is -0.350. The molecule has 4 rings (SSSR count). The van der Waals surface area contributed by atoms with Crippen LogP contribution in [0.15, 0.2) is 36.7 Å². The Kier molecular flexibility index (Phi) is 8.58. The SMILES string of the molecule is Cl.Cl.O=C(Nc1ccc2c(c1F)CCNC2)C1CCCN(C(=O)c2ccncc2)C1. The lowest BCUT2D eigenvalue weighted by atomic mass is 9.95. The van der Waals surface area contributed by atoms with Gasteiger partial charge in [0.25, 0.3) is 5.91 Å². The molecule has 162 valence electrons. The predicted molar refractivity (Wildman–Crippen MR) is 118 cm³/mol. The fourth-order valence-corrected chi connectivity index (χ4v) is 3.92. The van der Waals surface area contributed by atoms with Crippen molar-refractivity contribution >= 4 is 42.3 Å². The summed E-state index contributed by atoms with van der Waals surface area (Å²) in [5.74, 6) is -1.03. The quantitative estimate of drug-likeness (QED) is 0.746. The van der Waals surface area contributed by atoms with Gasteiger partial charge in [0.1, 0.15) is 5.82 Å². The number of hydrogen-bond donors (Lipinski definition) is 2. The van der Waals surface area contributed by atoms with E-state index in [1.54, 1.807) is 35.5 Å². The van der Waals surface area contributed by atoms with Crippen LogP contribution in [-0.2, 0) is 17.8 Å². The summed E-state index contributed by atoms with van der Waals surface area (Å²) in [7, 11) is 0. The number of pyridine rings is 1. The summed E-state index contributed by atoms with van der Waals surface area (Å²) < 4.78 is 14.8. The number of piperidine rings is 1. The lowest BCUT2D eigenvalue weighted by Crippen LogP contribution is -2.43. The van der Waals surface area contributed by atoms with Crippen molar-refractivity contribution in [3.05, 3.63) is 59.2 Å². The van der Waals surface area contributed by atoms with E-state index in [0.717, 1.165) is 18.5 Å². The van der Waals surface area contributed by atoms with Gasteiger partial charge in [-0.1, -0.05) is 6.07 Å². The van der Waals surface area contributed by atoms with Crippen molar-refractivity contribution in [3.63, 3.8) is 0 Å². The molecule has 0 bridgehead atoms. The summed E-state index contributed by atoms with van der Waals surface area (Å²) in [6.45, 7) is 2.33. The van der Waals surface area contributed by atoms with Gasteiger partial charge in [-0.2, -0.15) is 0 Å². The Hall–Kier alpha value is -2.22. The summed E-state index contributed by atoms with van der Waals surface area (Å²) in [5, 5.41) is 5.96. The van der Waals surface area contributed by atoms with Crippen molar-refractivity contribution in [1.29, 1.82) is 0 Å². The summed E-state index contributed by atoms with van der Waals surface area (Å²) in [5.41, 5.74) is 2.40. The molecular formula is C21H25Cl2FN4O2. The van der Waals surface area contributed by atoms with Gasteiger partial charge in [-0.3, -0.25) is 14.6 Å². The molecule has 2 amide bonds. The second-order valence-corrected chi connectivity index (χ2v) is 7.31. The molecule has 0 spiro atoms. The van der Waals surface area contributed by atoms with Gasteiger partial charge in [0.15, 0.2) is 0 Å². The van der Waals surface area contributed by atoms with Crippen molar-refractivity contribution < 1.29 is 14.0 Å². The Bertz CT molecular complexity index is 898. The molecule has 30 heavy (non-hydrogen) atoms. The molecule has 2 aromatic rings. The van der Waals surface area contributed by atoms with Crippen LogP contribution in [0.1, 0.15) is 34.3 Å². The highest BCUT2D eigenvalue weighted by Gasteiger charge is 2.29. The number of rotatable bonds is 3. The number of halogens is 3. The zero-order valence-corrected chi connectivity index (χ0v) is 18.0. The van der Waals surface area contributed by atoms with Crippen LogP contribution in [0.2, 0.25) is 0 Å². The highest BCUT2D eigenvalue weighted by atomic mass is 35.5. The molecule has 3 heterocycles. The van der Waals surface area contributed by atoms with E-state index in [2.05, 4.69) is 15.6 Å². The standard InChI is InChI=1S/C21H23FN4O2.2ClH/c22-19-17-7-10-24-12-15(17)3-4-18(19)25-20(27)16-2-1-11-26(13-16)21(28)14-5-8-23-9-6-14;;/h3-6,8-9,16,24H,1-2,7,10-13H2,(H,25,27);2*1H. The molecule has 2 N–H and O–H groups in total. The Balaban J connectivity index is 0.00000160. The first-order valence-electron chi connectivity index (χ1n) is 9.64. The fourth-order valence-electron chi connectivity index (χ4n) is 3.92. The zero-order valence-electron chi connectivity index (χ0n) is 16.4. The number of nitrogens with one attached hydrogen (secondary N) is 2. The third kappa shape index (κ3) is 5.09. The third-order valence-electron chi connectivity index (χ3n) is 5.47. The van der Waals surface area contributed by atoms with Gasteiger partial charge in [-0.25, -0.2) is 4.39 Å². The van der Waals surface area contributed by atoms with Gasteiger partial charge in [0.2, 0.25) is 5.91 Å². The second-order valence-electron chi connectivity index (χ2n) is 7.31. The van der Waals surface area contributed by atoms with Gasteiger partial charge in [0, 0.05) is 37.6 Å². The number of carbonyl (C=O) groups excluding carboxylic acids is 2. The fraction of sp³-hybridized carbons (Fsp3) is 0.381. The molecule has 1 unspecified atom stereocenters. The summed E-state index contributed by atoms with van der Waals surface area (Å²) in [4.78, 5) is 31.0. The van der Waals surface area contributed by atoms with Crippen molar-refractivity contribution in [1.82, 2.24) is 15.2 Å². The Morgan fingerprint density at radius 1 is 1.17 bits per heavy atom. The molecule has 2 aliphatic heterocycles. The zero-order chi connectivity index (χ0) is 19.5. The van der Waals surface area contributed by atoms with Gasteiger partial charge >= 0.3 is 0 Å². The van der Waals surface area contributed by atoms with Crippen LogP contribution in [-0.4, -0.2) is 41.3 Å². The van der Waals surface area contributed by atoms with Crippen molar-refractivity contribution in [2.75, 3.05) is 25.0 Å². The number of nitrogens with zero attached hydrogens (tertiary/aromatic N) is 2. The van der Waals surface area contributed by atoms with Crippen LogP contribution in [0.5, 0.6) is 0 Å². The minimum absolute atomic E-state index is 0. The van der Waals surface area contributed by atoms with E-state index in [1.807, 2.05) is 6.07 Å². The molecule has 1 atom stereocenters. The third-order valence-corrected chi connectivity index (χ3v) is 5.47. The van der Waals surface area contributed by atoms with E-state index in [0.29, 0.717) is 43.6 Å². The highest BCUT2D eigenvalue weighted by molar-refractivity contribution is 5.96. The van der Waals surface area contributed by atoms with Gasteiger partial charge in [0.05, 0.1) is 11.6 Å². The summed E-state index contributed by atoms with van der Waals surface area (Å²) >= 11 is 0. The summed E-state index contributed by atoms with van der Waals surface area (Å²) in [6.07, 6.45) is 5.20. The van der Waals surface area contributed by atoms with Crippen LogP contribution >= 0.6 is 24.8 Å². The maximum Gasteiger partial charge on any atom is 0.253 e. The molecule has 9 heteroatoms. The molecule has 0 aliphatic carbocycles. The first-order valence-corrected chi connectivity index (χ1v) is 9.64. The van der Waals surface area contributed by atoms with Crippen LogP contribution in [0, 0.1) is 11.7 Å². The van der Waals surface area contributed by atoms with E-state index < -0.39 is 0 Å². The average Bonchev–Trinajstić information content (AvgIpc) is 2.76. The van der Waals surface area contributed by atoms with Crippen molar-refractivity contribution in [2.24, 2.45) is 5.92 Å². The smallest absolute Gasteiger partial charge is 0.253 e. The monoisotopic (exact) mass is 454 g/mol. The molecule has 6 nitrogen and oxygen atoms in total. The van der Waals surface area contributed by atoms with Gasteiger partial charge in [-0.15, -0.1) is 24.8 Å². The molecule has 1 fully saturated rings. The number of likely N-dealkylation sites (tertiary alicyclic amines) is 1. The maximum absolute atomic E-state index is 14.8. The van der Waals surface area contributed by atoms with E-state index in [1.165, 1.54) is 0 Å². The molecule has 1 aromatic carbocycles. The van der Waals surface area contributed by atoms with Crippen LogP contribution in [0.25, 0.3) is 0 Å². The van der Waals surface area contributed by atoms with Crippen LogP contribution < -0.4 is 10.6 Å². The first-order chi connectivity index (χ1) is 13.6. The topological polar surface area (TPSA) is 74.3 Å². The van der Waals surface area contributed by atoms with Crippen LogP contribution in [0.3, 0.4) is 0 Å². The largest absolute Gasteiger partial charge is 0.338 e. The number of benzene rings is 1. The normalized spacial score (nSPS) is 17.8. The predicted octanol–water partition coefficient (Wildman–Crippen LogP) is 3.20. The van der Waals surface area contributed by atoms with Crippen LogP contribution in [0.4, 0.5) is 10.1 Å². The lowest BCUT2D eigenvalue weighted by Gasteiger charge is -2.32.